The summed E-state index contributed by atoms with van der Waals surface area (Å²) in [4.78, 5) is 21.6. The van der Waals surface area contributed by atoms with Gasteiger partial charge in [-0.05, 0) is 6.92 Å². The topological polar surface area (TPSA) is 84.1 Å². The highest BCUT2D eigenvalue weighted by Crippen LogP contribution is 2.17. The molecule has 17 heavy (non-hydrogen) atoms. The zero-order chi connectivity index (χ0) is 13.1. The van der Waals surface area contributed by atoms with Crippen molar-refractivity contribution >= 4 is 17.7 Å². The minimum Gasteiger partial charge on any atom is -0.461 e. The molecule has 1 rings (SSSR count). The number of esters is 1. The van der Waals surface area contributed by atoms with Gasteiger partial charge < -0.3 is 10.1 Å². The highest BCUT2D eigenvalue weighted by Gasteiger charge is 2.39. The molecule has 0 aliphatic rings. The molecule has 0 spiro atoms. The number of aromatic amines is 1. The molecule has 0 atom stereocenters. The fourth-order valence-corrected chi connectivity index (χ4v) is 0.886. The quantitative estimate of drug-likeness (QED) is 0.787. The maximum atomic E-state index is 11.9. The summed E-state index contributed by atoms with van der Waals surface area (Å²) in [7, 11) is 0. The molecule has 0 aromatic carbocycles. The summed E-state index contributed by atoms with van der Waals surface area (Å²) >= 11 is 0. The largest absolute Gasteiger partial charge is 0.471 e. The molecule has 0 saturated carbocycles. The lowest BCUT2D eigenvalue weighted by molar-refractivity contribution is -0.167. The normalized spacial score (nSPS) is 11.1. The molecule has 0 aliphatic carbocycles. The summed E-state index contributed by atoms with van der Waals surface area (Å²) in [5, 5.41) is 6.94. The van der Waals surface area contributed by atoms with Crippen molar-refractivity contribution in [2.24, 2.45) is 0 Å². The summed E-state index contributed by atoms with van der Waals surface area (Å²) in [6.07, 6.45) is -5.01. The number of rotatable bonds is 3. The lowest BCUT2D eigenvalue weighted by atomic mass is 10.4. The Morgan fingerprint density at radius 1 is 1.53 bits per heavy atom. The molecule has 1 aromatic rings. The van der Waals surface area contributed by atoms with E-state index in [0.29, 0.717) is 0 Å². The molecular formula is C8H8F3N3O3. The fraction of sp³-hybridized carbons (Fsp3) is 0.375. The lowest BCUT2D eigenvalue weighted by Crippen LogP contribution is -2.30. The average Bonchev–Trinajstić information content (AvgIpc) is 2.65. The molecule has 1 amide bonds. The minimum absolute atomic E-state index is 0.113. The number of nitrogens with one attached hydrogen (secondary N) is 2. The van der Waals surface area contributed by atoms with Crippen LogP contribution in [0.3, 0.4) is 0 Å². The zero-order valence-corrected chi connectivity index (χ0v) is 8.59. The number of nitrogens with zero attached hydrogens (tertiary/aromatic N) is 1. The van der Waals surface area contributed by atoms with Crippen LogP contribution < -0.4 is 5.32 Å². The highest BCUT2D eigenvalue weighted by atomic mass is 19.4. The molecule has 0 radical (unpaired) electrons. The van der Waals surface area contributed by atoms with E-state index in [1.807, 2.05) is 0 Å². The van der Waals surface area contributed by atoms with Crippen molar-refractivity contribution in [2.75, 3.05) is 11.9 Å². The van der Waals surface area contributed by atoms with E-state index < -0.39 is 23.9 Å². The maximum Gasteiger partial charge on any atom is 0.471 e. The Hall–Kier alpha value is -2.06. The third-order valence-electron chi connectivity index (χ3n) is 1.57. The molecule has 1 heterocycles. The van der Waals surface area contributed by atoms with Crippen LogP contribution in [-0.4, -0.2) is 34.9 Å². The van der Waals surface area contributed by atoms with Gasteiger partial charge in [-0.2, -0.15) is 18.3 Å². The van der Waals surface area contributed by atoms with Gasteiger partial charge in [0.2, 0.25) is 0 Å². The van der Waals surface area contributed by atoms with Crippen LogP contribution in [0.2, 0.25) is 0 Å². The first-order chi connectivity index (χ1) is 7.84. The zero-order valence-electron chi connectivity index (χ0n) is 8.59. The minimum atomic E-state index is -5.01. The Morgan fingerprint density at radius 3 is 2.71 bits per heavy atom. The molecule has 1 aromatic heterocycles. The SMILES string of the molecule is CCOC(=O)c1cc(NC(=O)C(F)(F)F)n[nH]1. The number of hydrogen-bond acceptors (Lipinski definition) is 4. The number of hydrogen-bond donors (Lipinski definition) is 2. The van der Waals surface area contributed by atoms with Crippen LogP contribution in [0.15, 0.2) is 6.07 Å². The molecule has 6 nitrogen and oxygen atoms in total. The van der Waals surface area contributed by atoms with E-state index in [9.17, 15) is 22.8 Å². The first-order valence-corrected chi connectivity index (χ1v) is 4.45. The van der Waals surface area contributed by atoms with Crippen molar-refractivity contribution in [3.05, 3.63) is 11.8 Å². The first kappa shape index (κ1) is 13.0. The van der Waals surface area contributed by atoms with Gasteiger partial charge >= 0.3 is 18.1 Å². The molecule has 0 bridgehead atoms. The van der Waals surface area contributed by atoms with E-state index >= 15 is 0 Å². The van der Waals surface area contributed by atoms with Crippen molar-refractivity contribution in [3.8, 4) is 0 Å². The second-order valence-electron chi connectivity index (χ2n) is 2.84. The van der Waals surface area contributed by atoms with Crippen LogP contribution in [0.25, 0.3) is 0 Å². The Bertz CT molecular complexity index is 427. The van der Waals surface area contributed by atoms with E-state index in [1.165, 1.54) is 5.32 Å². The van der Waals surface area contributed by atoms with Crippen molar-refractivity contribution in [1.29, 1.82) is 0 Å². The third-order valence-corrected chi connectivity index (χ3v) is 1.57. The fourth-order valence-electron chi connectivity index (χ4n) is 0.886. The van der Waals surface area contributed by atoms with Crippen LogP contribution in [0.4, 0.5) is 19.0 Å². The molecule has 0 unspecified atom stereocenters. The Kier molecular flexibility index (Phi) is 3.71. The summed E-state index contributed by atoms with van der Waals surface area (Å²) in [6.45, 7) is 1.68. The maximum absolute atomic E-state index is 11.9. The van der Waals surface area contributed by atoms with Gasteiger partial charge in [0.25, 0.3) is 0 Å². The van der Waals surface area contributed by atoms with Crippen LogP contribution in [-0.2, 0) is 9.53 Å². The highest BCUT2D eigenvalue weighted by molar-refractivity contribution is 5.95. The number of halogens is 3. The van der Waals surface area contributed by atoms with Crippen LogP contribution in [0.5, 0.6) is 0 Å². The summed E-state index contributed by atoms with van der Waals surface area (Å²) in [5.74, 6) is -3.35. The van der Waals surface area contributed by atoms with Gasteiger partial charge in [-0.25, -0.2) is 4.79 Å². The number of alkyl halides is 3. The molecule has 9 heteroatoms. The van der Waals surface area contributed by atoms with Crippen molar-refractivity contribution in [1.82, 2.24) is 10.2 Å². The predicted octanol–water partition coefficient (Wildman–Crippen LogP) is 1.09. The van der Waals surface area contributed by atoms with Gasteiger partial charge in [0.1, 0.15) is 5.69 Å². The van der Waals surface area contributed by atoms with Crippen molar-refractivity contribution < 1.29 is 27.5 Å². The van der Waals surface area contributed by atoms with Gasteiger partial charge in [0, 0.05) is 6.07 Å². The molecule has 0 fully saturated rings. The standard InChI is InChI=1S/C8H8F3N3O3/c1-2-17-6(15)4-3-5(14-13-4)12-7(16)8(9,10)11/h3H,2H2,1H3,(H2,12,13,14,16). The number of anilines is 1. The van der Waals surface area contributed by atoms with Crippen molar-refractivity contribution in [2.45, 2.75) is 13.1 Å². The van der Waals surface area contributed by atoms with E-state index in [1.54, 1.807) is 6.92 Å². The molecule has 2 N–H and O–H groups in total. The van der Waals surface area contributed by atoms with E-state index in [4.69, 9.17) is 0 Å². The third kappa shape index (κ3) is 3.47. The Balaban J connectivity index is 2.69. The smallest absolute Gasteiger partial charge is 0.461 e. The second kappa shape index (κ2) is 4.85. The number of amides is 1. The lowest BCUT2D eigenvalue weighted by Gasteiger charge is -2.04. The summed E-state index contributed by atoms with van der Waals surface area (Å²) in [6, 6.07) is 0.946. The van der Waals surface area contributed by atoms with E-state index in [0.717, 1.165) is 6.07 Å². The van der Waals surface area contributed by atoms with Crippen LogP contribution in [0.1, 0.15) is 17.4 Å². The average molecular weight is 251 g/mol. The van der Waals surface area contributed by atoms with Crippen LogP contribution >= 0.6 is 0 Å². The Morgan fingerprint density at radius 2 is 2.18 bits per heavy atom. The number of carbonyl (C=O) groups excluding carboxylic acids is 2. The van der Waals surface area contributed by atoms with Gasteiger partial charge in [-0.3, -0.25) is 9.89 Å². The number of aromatic nitrogens is 2. The predicted molar refractivity (Wildman–Crippen MR) is 49.2 cm³/mol. The second-order valence-corrected chi connectivity index (χ2v) is 2.84. The molecule has 0 aliphatic heterocycles. The van der Waals surface area contributed by atoms with Crippen molar-refractivity contribution in [3.63, 3.8) is 0 Å². The summed E-state index contributed by atoms with van der Waals surface area (Å²) < 4.78 is 40.2. The van der Waals surface area contributed by atoms with Gasteiger partial charge in [0.15, 0.2) is 5.82 Å². The summed E-state index contributed by atoms with van der Waals surface area (Å²) in [5.41, 5.74) is -0.149. The molecule has 0 saturated heterocycles. The molecular weight excluding hydrogens is 243 g/mol. The van der Waals surface area contributed by atoms with Gasteiger partial charge in [-0.1, -0.05) is 0 Å². The number of carbonyl (C=O) groups is 2. The van der Waals surface area contributed by atoms with E-state index in [-0.39, 0.29) is 12.3 Å². The Labute approximate surface area is 93.1 Å². The number of H-pyrrole nitrogens is 1. The van der Waals surface area contributed by atoms with Crippen LogP contribution in [0, 0.1) is 0 Å². The van der Waals surface area contributed by atoms with Gasteiger partial charge in [-0.15, -0.1) is 0 Å². The number of ether oxygens (including phenoxy) is 1. The van der Waals surface area contributed by atoms with Gasteiger partial charge in [0.05, 0.1) is 6.61 Å². The first-order valence-electron chi connectivity index (χ1n) is 4.45. The molecule has 94 valence electrons. The monoisotopic (exact) mass is 251 g/mol. The van der Waals surface area contributed by atoms with E-state index in [2.05, 4.69) is 14.9 Å².